The van der Waals surface area contributed by atoms with Gasteiger partial charge in [0.25, 0.3) is 0 Å². The van der Waals surface area contributed by atoms with Crippen LogP contribution in [0.2, 0.25) is 5.02 Å². The highest BCUT2D eigenvalue weighted by Gasteiger charge is 2.45. The predicted octanol–water partition coefficient (Wildman–Crippen LogP) is 6.82. The number of carboxylic acid groups (broad SMARTS) is 1. The van der Waals surface area contributed by atoms with Crippen LogP contribution in [-0.2, 0) is 27.3 Å². The molecule has 0 aromatic heterocycles. The number of amides is 2. The number of hydrogen-bond acceptors (Lipinski definition) is 6. The third-order valence-electron chi connectivity index (χ3n) is 10.8. The second-order valence-corrected chi connectivity index (χ2v) is 14.2. The topological polar surface area (TPSA) is 96.4 Å². The Morgan fingerprint density at radius 3 is 2.42 bits per heavy atom. The Balaban J connectivity index is 1.12. The molecular weight excluding hydrogens is 592 g/mol. The van der Waals surface area contributed by atoms with Crippen LogP contribution in [0.1, 0.15) is 93.4 Å². The largest absolute Gasteiger partial charge is 0.493 e. The zero-order chi connectivity index (χ0) is 31.6. The quantitative estimate of drug-likeness (QED) is 0.271. The number of rotatable bonds is 11. The van der Waals surface area contributed by atoms with Crippen molar-refractivity contribution in [3.8, 4) is 11.5 Å². The Kier molecular flexibility index (Phi) is 9.71. The van der Waals surface area contributed by atoms with Crippen molar-refractivity contribution >= 4 is 29.4 Å². The molecule has 6 rings (SSSR count). The molecule has 1 heterocycles. The van der Waals surface area contributed by atoms with Crippen molar-refractivity contribution in [1.82, 2.24) is 9.80 Å². The maximum absolute atomic E-state index is 12.9. The first-order valence-corrected chi connectivity index (χ1v) is 17.0. The van der Waals surface area contributed by atoms with Gasteiger partial charge in [-0.3, -0.25) is 24.2 Å². The lowest BCUT2D eigenvalue weighted by Gasteiger charge is -2.37. The van der Waals surface area contributed by atoms with Crippen LogP contribution in [0.4, 0.5) is 0 Å². The fraction of sp³-hybridized carbons (Fsp3) is 0.583. The van der Waals surface area contributed by atoms with Crippen LogP contribution in [0.25, 0.3) is 0 Å². The monoisotopic (exact) mass is 636 g/mol. The lowest BCUT2D eigenvalue weighted by Crippen LogP contribution is -2.48. The number of ether oxygens (including phenoxy) is 2. The summed E-state index contributed by atoms with van der Waals surface area (Å²) in [5, 5.41) is 10.2. The number of nitrogens with zero attached hydrogens (tertiary/aromatic N) is 2. The molecule has 2 aromatic rings. The second kappa shape index (κ2) is 13.7. The highest BCUT2D eigenvalue weighted by Crippen LogP contribution is 2.47. The maximum Gasteiger partial charge on any atom is 0.306 e. The van der Waals surface area contributed by atoms with E-state index in [2.05, 4.69) is 23.1 Å². The molecule has 4 aliphatic rings. The summed E-state index contributed by atoms with van der Waals surface area (Å²) in [7, 11) is 1.63. The second-order valence-electron chi connectivity index (χ2n) is 13.7. The van der Waals surface area contributed by atoms with Gasteiger partial charge in [0, 0.05) is 37.0 Å². The first kappa shape index (κ1) is 31.9. The molecule has 45 heavy (non-hydrogen) atoms. The molecule has 1 aliphatic heterocycles. The molecule has 8 nitrogen and oxygen atoms in total. The number of aryl methyl sites for hydroxylation is 1. The van der Waals surface area contributed by atoms with Gasteiger partial charge in [-0.2, -0.15) is 0 Å². The summed E-state index contributed by atoms with van der Waals surface area (Å²) in [5.74, 6) is 0.603. The summed E-state index contributed by atoms with van der Waals surface area (Å²) in [4.78, 5) is 41.2. The van der Waals surface area contributed by atoms with E-state index in [1.54, 1.807) is 7.11 Å². The molecule has 242 valence electrons. The predicted molar refractivity (Wildman–Crippen MR) is 171 cm³/mol. The average molecular weight is 637 g/mol. The number of methoxy groups -OCH3 is 1. The van der Waals surface area contributed by atoms with Crippen molar-refractivity contribution in [3.63, 3.8) is 0 Å². The van der Waals surface area contributed by atoms with Gasteiger partial charge in [0.1, 0.15) is 6.61 Å². The van der Waals surface area contributed by atoms with Gasteiger partial charge in [0.2, 0.25) is 11.8 Å². The van der Waals surface area contributed by atoms with Crippen LogP contribution in [0.5, 0.6) is 11.5 Å². The summed E-state index contributed by atoms with van der Waals surface area (Å²) < 4.78 is 11.8. The zero-order valence-electron chi connectivity index (χ0n) is 26.3. The molecule has 9 heteroatoms. The number of carboxylic acids is 1. The summed E-state index contributed by atoms with van der Waals surface area (Å²) in [5.41, 5.74) is 3.62. The molecule has 0 bridgehead atoms. The number of imide groups is 1. The van der Waals surface area contributed by atoms with Crippen molar-refractivity contribution in [3.05, 3.63) is 58.1 Å². The molecule has 1 N–H and O–H groups in total. The molecule has 2 amide bonds. The van der Waals surface area contributed by atoms with E-state index >= 15 is 0 Å². The highest BCUT2D eigenvalue weighted by molar-refractivity contribution is 6.30. The number of piperidine rings is 1. The fourth-order valence-corrected chi connectivity index (χ4v) is 8.54. The number of aliphatic carboxylic acids is 1. The van der Waals surface area contributed by atoms with Gasteiger partial charge in [0.15, 0.2) is 11.5 Å². The molecule has 1 unspecified atom stereocenters. The molecule has 3 aliphatic carbocycles. The molecule has 2 aromatic carbocycles. The van der Waals surface area contributed by atoms with Gasteiger partial charge in [-0.25, -0.2) is 0 Å². The SMILES string of the molecule is COc1cc(CN(CC2CCC(C(=O)O)CC2)C2CCc3cc(Cl)ccc32)ccc1OCCN1C(=O)CC2(CCCC2)CC1=O. The van der Waals surface area contributed by atoms with Crippen LogP contribution in [-0.4, -0.2) is 59.5 Å². The number of halogens is 1. The summed E-state index contributed by atoms with van der Waals surface area (Å²) in [6.45, 7) is 2.08. The van der Waals surface area contributed by atoms with Gasteiger partial charge in [-0.05, 0) is 104 Å². The van der Waals surface area contributed by atoms with E-state index in [0.29, 0.717) is 30.3 Å². The molecule has 1 spiro atoms. The third-order valence-corrected chi connectivity index (χ3v) is 11.0. The van der Waals surface area contributed by atoms with Gasteiger partial charge in [0.05, 0.1) is 19.6 Å². The first-order chi connectivity index (χ1) is 21.7. The van der Waals surface area contributed by atoms with Gasteiger partial charge < -0.3 is 14.6 Å². The number of hydrogen-bond donors (Lipinski definition) is 1. The van der Waals surface area contributed by atoms with Gasteiger partial charge >= 0.3 is 5.97 Å². The van der Waals surface area contributed by atoms with E-state index in [9.17, 15) is 19.5 Å². The molecule has 2 saturated carbocycles. The minimum atomic E-state index is -0.673. The Labute approximate surface area is 271 Å². The van der Waals surface area contributed by atoms with E-state index in [0.717, 1.165) is 87.9 Å². The Morgan fingerprint density at radius 2 is 1.73 bits per heavy atom. The normalized spacial score (nSPS) is 24.3. The highest BCUT2D eigenvalue weighted by atomic mass is 35.5. The minimum Gasteiger partial charge on any atom is -0.493 e. The fourth-order valence-electron chi connectivity index (χ4n) is 8.34. The average Bonchev–Trinajstić information content (AvgIpc) is 3.65. The zero-order valence-corrected chi connectivity index (χ0v) is 27.0. The van der Waals surface area contributed by atoms with E-state index < -0.39 is 5.97 Å². The number of benzene rings is 2. The van der Waals surface area contributed by atoms with E-state index in [1.807, 2.05) is 18.2 Å². The summed E-state index contributed by atoms with van der Waals surface area (Å²) in [6, 6.07) is 12.5. The van der Waals surface area contributed by atoms with E-state index in [4.69, 9.17) is 21.1 Å². The Bertz CT molecular complexity index is 1390. The van der Waals surface area contributed by atoms with Crippen LogP contribution >= 0.6 is 11.6 Å². The number of fused-ring (bicyclic) bond motifs is 1. The van der Waals surface area contributed by atoms with E-state index in [1.165, 1.54) is 16.0 Å². The van der Waals surface area contributed by atoms with Gasteiger partial charge in [-0.15, -0.1) is 0 Å². The summed E-state index contributed by atoms with van der Waals surface area (Å²) in [6.07, 6.45) is 10.4. The lowest BCUT2D eigenvalue weighted by molar-refractivity contribution is -0.153. The molecule has 0 radical (unpaired) electrons. The summed E-state index contributed by atoms with van der Waals surface area (Å²) >= 11 is 6.32. The lowest BCUT2D eigenvalue weighted by atomic mass is 9.76. The first-order valence-electron chi connectivity index (χ1n) is 16.6. The number of carbonyl (C=O) groups excluding carboxylic acids is 2. The minimum absolute atomic E-state index is 0.0774. The third kappa shape index (κ3) is 7.17. The van der Waals surface area contributed by atoms with Crippen LogP contribution in [0.15, 0.2) is 36.4 Å². The van der Waals surface area contributed by atoms with Crippen LogP contribution in [0, 0.1) is 17.3 Å². The number of likely N-dealkylation sites (tertiary alicyclic amines) is 1. The standard InChI is InChI=1S/C36H45ClN2O6/c1-44-32-18-25(6-13-31(32)45-17-16-39-33(40)20-36(21-34(39)41)14-2-3-15-36)23-38(22-24-4-7-26(8-5-24)35(42)43)30-12-9-27-19-28(37)10-11-29(27)30/h6,10-11,13,18-19,24,26,30H,2-5,7-9,12,14-17,20-23H2,1H3,(H,42,43). The molecule has 3 fully saturated rings. The molecule has 1 atom stereocenters. The molecule has 1 saturated heterocycles. The Morgan fingerprint density at radius 1 is 1.00 bits per heavy atom. The van der Waals surface area contributed by atoms with Gasteiger partial charge in [-0.1, -0.05) is 36.6 Å². The van der Waals surface area contributed by atoms with Crippen molar-refractivity contribution in [2.45, 2.75) is 89.6 Å². The van der Waals surface area contributed by atoms with Crippen LogP contribution in [0.3, 0.4) is 0 Å². The number of carbonyl (C=O) groups is 3. The van der Waals surface area contributed by atoms with Crippen molar-refractivity contribution < 1.29 is 29.0 Å². The van der Waals surface area contributed by atoms with Crippen molar-refractivity contribution in [1.29, 1.82) is 0 Å². The maximum atomic E-state index is 12.9. The van der Waals surface area contributed by atoms with Crippen molar-refractivity contribution in [2.75, 3.05) is 26.8 Å². The van der Waals surface area contributed by atoms with Crippen LogP contribution < -0.4 is 9.47 Å². The van der Waals surface area contributed by atoms with Crippen molar-refractivity contribution in [2.24, 2.45) is 17.3 Å². The molecular formula is C36H45ClN2O6. The Hall–Kier alpha value is -3.10. The smallest absolute Gasteiger partial charge is 0.306 e. The van der Waals surface area contributed by atoms with E-state index in [-0.39, 0.29) is 42.3 Å².